The van der Waals surface area contributed by atoms with Crippen molar-refractivity contribution in [1.29, 1.82) is 0 Å². The van der Waals surface area contributed by atoms with Crippen molar-refractivity contribution in [3.63, 3.8) is 0 Å². The zero-order valence-corrected chi connectivity index (χ0v) is 13.3. The summed E-state index contributed by atoms with van der Waals surface area (Å²) in [5.74, 6) is 0.192. The maximum atomic E-state index is 12.3. The zero-order valence-electron chi connectivity index (χ0n) is 13.3. The summed E-state index contributed by atoms with van der Waals surface area (Å²) >= 11 is 0. The standard InChI is InChI=1S/C15H31N3O/c1-6-18-9-7-12(8-10-18)17(5)14(19)11-13(16)15(2,3)4/h12-13H,6-11,16H2,1-5H3. The minimum absolute atomic E-state index is 0.0118. The number of piperidine rings is 1. The molecular weight excluding hydrogens is 238 g/mol. The average Bonchev–Trinajstić information content (AvgIpc) is 2.36. The molecule has 1 aliphatic rings. The van der Waals surface area contributed by atoms with E-state index in [1.807, 2.05) is 11.9 Å². The lowest BCUT2D eigenvalue weighted by Crippen LogP contribution is -2.47. The molecule has 0 bridgehead atoms. The molecule has 4 nitrogen and oxygen atoms in total. The first-order chi connectivity index (χ1) is 8.75. The van der Waals surface area contributed by atoms with E-state index in [1.54, 1.807) is 0 Å². The SMILES string of the molecule is CCN1CCC(N(C)C(=O)CC(N)C(C)(C)C)CC1. The molecule has 1 aliphatic heterocycles. The zero-order chi connectivity index (χ0) is 14.6. The third-order valence-electron chi connectivity index (χ3n) is 4.45. The van der Waals surface area contributed by atoms with Crippen LogP contribution in [-0.4, -0.2) is 54.5 Å². The Morgan fingerprint density at radius 1 is 1.37 bits per heavy atom. The maximum absolute atomic E-state index is 12.3. The van der Waals surface area contributed by atoms with Gasteiger partial charge in [-0.25, -0.2) is 0 Å². The molecular formula is C15H31N3O. The van der Waals surface area contributed by atoms with E-state index < -0.39 is 0 Å². The predicted molar refractivity (Wildman–Crippen MR) is 80.0 cm³/mol. The molecule has 0 aromatic heterocycles. The van der Waals surface area contributed by atoms with Crippen LogP contribution in [-0.2, 0) is 4.79 Å². The molecule has 0 spiro atoms. The van der Waals surface area contributed by atoms with Crippen LogP contribution >= 0.6 is 0 Å². The highest BCUT2D eigenvalue weighted by atomic mass is 16.2. The second-order valence-electron chi connectivity index (χ2n) is 6.85. The molecule has 1 atom stereocenters. The van der Waals surface area contributed by atoms with Crippen molar-refractivity contribution in [2.75, 3.05) is 26.7 Å². The van der Waals surface area contributed by atoms with E-state index in [0.29, 0.717) is 12.5 Å². The van der Waals surface area contributed by atoms with Crippen molar-refractivity contribution in [2.45, 2.75) is 59.0 Å². The molecule has 19 heavy (non-hydrogen) atoms. The molecule has 4 heteroatoms. The first-order valence-electron chi connectivity index (χ1n) is 7.49. The summed E-state index contributed by atoms with van der Waals surface area (Å²) in [5.41, 5.74) is 6.10. The average molecular weight is 269 g/mol. The van der Waals surface area contributed by atoms with Crippen molar-refractivity contribution in [1.82, 2.24) is 9.80 Å². The van der Waals surface area contributed by atoms with Crippen molar-refractivity contribution >= 4 is 5.91 Å². The second kappa shape index (κ2) is 6.71. The summed E-state index contributed by atoms with van der Waals surface area (Å²) in [7, 11) is 1.93. The van der Waals surface area contributed by atoms with Gasteiger partial charge in [0.05, 0.1) is 0 Å². The third-order valence-corrected chi connectivity index (χ3v) is 4.45. The number of amides is 1. The monoisotopic (exact) mass is 269 g/mol. The quantitative estimate of drug-likeness (QED) is 0.845. The highest BCUT2D eigenvalue weighted by molar-refractivity contribution is 5.77. The van der Waals surface area contributed by atoms with Gasteiger partial charge in [-0.2, -0.15) is 0 Å². The van der Waals surface area contributed by atoms with Crippen LogP contribution < -0.4 is 5.73 Å². The van der Waals surface area contributed by atoms with Crippen molar-refractivity contribution < 1.29 is 4.79 Å². The maximum Gasteiger partial charge on any atom is 0.224 e. The number of hydrogen-bond donors (Lipinski definition) is 1. The van der Waals surface area contributed by atoms with Crippen LogP contribution in [0.25, 0.3) is 0 Å². The van der Waals surface area contributed by atoms with E-state index in [4.69, 9.17) is 5.73 Å². The lowest BCUT2D eigenvalue weighted by Gasteiger charge is -2.37. The Morgan fingerprint density at radius 2 is 1.89 bits per heavy atom. The van der Waals surface area contributed by atoms with Crippen LogP contribution in [0.1, 0.15) is 47.0 Å². The number of hydrogen-bond acceptors (Lipinski definition) is 3. The van der Waals surface area contributed by atoms with Crippen molar-refractivity contribution in [2.24, 2.45) is 11.1 Å². The normalized spacial score (nSPS) is 20.3. The van der Waals surface area contributed by atoms with E-state index in [-0.39, 0.29) is 17.4 Å². The molecule has 1 unspecified atom stereocenters. The summed E-state index contributed by atoms with van der Waals surface area (Å²) < 4.78 is 0. The predicted octanol–water partition coefficient (Wildman–Crippen LogP) is 1.69. The minimum atomic E-state index is -0.0711. The molecule has 0 saturated carbocycles. The summed E-state index contributed by atoms with van der Waals surface area (Å²) in [5, 5.41) is 0. The topological polar surface area (TPSA) is 49.6 Å². The number of rotatable bonds is 4. The Hall–Kier alpha value is -0.610. The highest BCUT2D eigenvalue weighted by Crippen LogP contribution is 2.22. The molecule has 112 valence electrons. The van der Waals surface area contributed by atoms with Gasteiger partial charge in [0.15, 0.2) is 0 Å². The Morgan fingerprint density at radius 3 is 2.32 bits per heavy atom. The minimum Gasteiger partial charge on any atom is -0.343 e. The van der Waals surface area contributed by atoms with Gasteiger partial charge in [-0.15, -0.1) is 0 Å². The van der Waals surface area contributed by atoms with Gasteiger partial charge in [0.2, 0.25) is 5.91 Å². The van der Waals surface area contributed by atoms with Crippen LogP contribution in [0.4, 0.5) is 0 Å². The number of nitrogens with zero attached hydrogens (tertiary/aromatic N) is 2. The second-order valence-corrected chi connectivity index (χ2v) is 6.85. The summed E-state index contributed by atoms with van der Waals surface area (Å²) in [4.78, 5) is 16.7. The fraction of sp³-hybridized carbons (Fsp3) is 0.933. The van der Waals surface area contributed by atoms with Gasteiger partial charge in [0.25, 0.3) is 0 Å². The lowest BCUT2D eigenvalue weighted by molar-refractivity contribution is -0.133. The molecule has 0 aliphatic carbocycles. The molecule has 1 amide bonds. The van der Waals surface area contributed by atoms with Crippen molar-refractivity contribution in [3.8, 4) is 0 Å². The molecule has 1 saturated heterocycles. The van der Waals surface area contributed by atoms with Crippen LogP contribution in [0.2, 0.25) is 0 Å². The number of likely N-dealkylation sites (tertiary alicyclic amines) is 1. The van der Waals surface area contributed by atoms with E-state index in [0.717, 1.165) is 32.5 Å². The summed E-state index contributed by atoms with van der Waals surface area (Å²) in [6, 6.07) is 0.320. The Labute approximate surface area is 118 Å². The van der Waals surface area contributed by atoms with Gasteiger partial charge in [-0.3, -0.25) is 4.79 Å². The largest absolute Gasteiger partial charge is 0.343 e. The lowest BCUT2D eigenvalue weighted by atomic mass is 9.85. The van der Waals surface area contributed by atoms with E-state index in [9.17, 15) is 4.79 Å². The molecule has 2 N–H and O–H groups in total. The fourth-order valence-electron chi connectivity index (χ4n) is 2.46. The molecule has 1 fully saturated rings. The van der Waals surface area contributed by atoms with Crippen LogP contribution in [0.5, 0.6) is 0 Å². The van der Waals surface area contributed by atoms with E-state index in [1.165, 1.54) is 0 Å². The van der Waals surface area contributed by atoms with E-state index in [2.05, 4.69) is 32.6 Å². The Bertz CT molecular complexity index is 290. The molecule has 1 heterocycles. The first-order valence-corrected chi connectivity index (χ1v) is 7.49. The fourth-order valence-corrected chi connectivity index (χ4v) is 2.46. The summed E-state index contributed by atoms with van der Waals surface area (Å²) in [6.45, 7) is 11.8. The number of nitrogens with two attached hydrogens (primary N) is 1. The Kier molecular flexibility index (Phi) is 5.81. The molecule has 0 radical (unpaired) electrons. The van der Waals surface area contributed by atoms with E-state index >= 15 is 0 Å². The van der Waals surface area contributed by atoms with Gasteiger partial charge >= 0.3 is 0 Å². The smallest absolute Gasteiger partial charge is 0.224 e. The molecule has 0 aromatic rings. The number of carbonyl (C=O) groups excluding carboxylic acids is 1. The third kappa shape index (κ3) is 4.77. The van der Waals surface area contributed by atoms with Gasteiger partial charge in [-0.1, -0.05) is 27.7 Å². The van der Waals surface area contributed by atoms with Crippen LogP contribution in [0.15, 0.2) is 0 Å². The molecule has 1 rings (SSSR count). The van der Waals surface area contributed by atoms with Gasteiger partial charge in [-0.05, 0) is 24.8 Å². The van der Waals surface area contributed by atoms with Gasteiger partial charge < -0.3 is 15.5 Å². The number of carbonyl (C=O) groups is 1. The highest BCUT2D eigenvalue weighted by Gasteiger charge is 2.28. The van der Waals surface area contributed by atoms with Crippen LogP contribution in [0.3, 0.4) is 0 Å². The van der Waals surface area contributed by atoms with Crippen LogP contribution in [0, 0.1) is 5.41 Å². The first kappa shape index (κ1) is 16.4. The molecule has 0 aromatic carbocycles. The summed E-state index contributed by atoms with van der Waals surface area (Å²) in [6.07, 6.45) is 2.62. The van der Waals surface area contributed by atoms with Gasteiger partial charge in [0.1, 0.15) is 0 Å². The van der Waals surface area contributed by atoms with Crippen molar-refractivity contribution in [3.05, 3.63) is 0 Å². The van der Waals surface area contributed by atoms with Gasteiger partial charge in [0, 0.05) is 38.6 Å². The Balaban J connectivity index is 2.45.